The number of carbonyl (C=O) groups is 3. The van der Waals surface area contributed by atoms with E-state index in [4.69, 9.17) is 5.73 Å². The molecule has 248 valence electrons. The molecular formula is C33H56N6O4S. The van der Waals surface area contributed by atoms with Crippen LogP contribution >= 0.6 is 11.8 Å². The number of nitrogens with one attached hydrogen (secondary N) is 3. The molecule has 10 nitrogen and oxygen atoms in total. The smallest absolute Gasteiger partial charge is 0.240 e. The average molecular weight is 633 g/mol. The zero-order valence-electron chi connectivity index (χ0n) is 27.1. The summed E-state index contributed by atoms with van der Waals surface area (Å²) in [6, 6.07) is 6.91. The highest BCUT2D eigenvalue weighted by Crippen LogP contribution is 2.34. The molecule has 1 saturated heterocycles. The average Bonchev–Trinajstić information content (AvgIpc) is 3.37. The lowest BCUT2D eigenvalue weighted by Gasteiger charge is -2.30. The maximum atomic E-state index is 13.2. The highest BCUT2D eigenvalue weighted by atomic mass is 32.2. The van der Waals surface area contributed by atoms with E-state index in [0.717, 1.165) is 63.0 Å². The second-order valence-corrected chi connectivity index (χ2v) is 13.4. The number of anilines is 1. The van der Waals surface area contributed by atoms with Gasteiger partial charge in [0.15, 0.2) is 0 Å². The maximum absolute atomic E-state index is 13.2. The van der Waals surface area contributed by atoms with Gasteiger partial charge >= 0.3 is 0 Å². The molecule has 6 N–H and O–H groups in total. The fraction of sp³-hybridized carbons (Fsp3) is 0.727. The van der Waals surface area contributed by atoms with E-state index in [1.54, 1.807) is 4.90 Å². The Kier molecular flexibility index (Phi) is 15.8. The number of carbonyl (C=O) groups excluding carboxylic acids is 3. The summed E-state index contributed by atoms with van der Waals surface area (Å²) in [7, 11) is 0. The number of nitrogens with two attached hydrogens (primary N) is 1. The highest BCUT2D eigenvalue weighted by molar-refractivity contribution is 8.01. The van der Waals surface area contributed by atoms with Gasteiger partial charge in [-0.1, -0.05) is 58.1 Å². The highest BCUT2D eigenvalue weighted by Gasteiger charge is 2.44. The predicted octanol–water partition coefficient (Wildman–Crippen LogP) is 2.94. The van der Waals surface area contributed by atoms with Crippen LogP contribution in [0.4, 0.5) is 5.69 Å². The van der Waals surface area contributed by atoms with E-state index in [2.05, 4.69) is 46.8 Å². The molecule has 11 heteroatoms. The van der Waals surface area contributed by atoms with Crippen molar-refractivity contribution in [2.75, 3.05) is 51.2 Å². The Morgan fingerprint density at radius 2 is 1.82 bits per heavy atom. The van der Waals surface area contributed by atoms with Crippen LogP contribution in [0.15, 0.2) is 24.3 Å². The third-order valence-corrected chi connectivity index (χ3v) is 10.5. The van der Waals surface area contributed by atoms with Crippen LogP contribution in [0.25, 0.3) is 0 Å². The van der Waals surface area contributed by atoms with E-state index >= 15 is 0 Å². The number of hydrogen-bond donors (Lipinski definition) is 5. The number of hydrogen-bond acceptors (Lipinski definition) is 8. The summed E-state index contributed by atoms with van der Waals surface area (Å²) in [6.45, 7) is 10.5. The van der Waals surface area contributed by atoms with Crippen LogP contribution in [0.3, 0.4) is 0 Å². The molecule has 2 fully saturated rings. The van der Waals surface area contributed by atoms with Gasteiger partial charge in [0.25, 0.3) is 0 Å². The molecule has 0 bridgehead atoms. The summed E-state index contributed by atoms with van der Waals surface area (Å²) in [5.74, 6) is 0.283. The first-order valence-corrected chi connectivity index (χ1v) is 17.7. The van der Waals surface area contributed by atoms with Gasteiger partial charge in [-0.15, -0.1) is 11.8 Å². The Hall–Kier alpha value is -2.34. The third kappa shape index (κ3) is 11.2. The van der Waals surface area contributed by atoms with Crippen molar-refractivity contribution < 1.29 is 19.5 Å². The van der Waals surface area contributed by atoms with Crippen molar-refractivity contribution in [1.29, 1.82) is 0 Å². The lowest BCUT2D eigenvalue weighted by atomic mass is 9.85. The fourth-order valence-electron chi connectivity index (χ4n) is 6.23. The lowest BCUT2D eigenvalue weighted by Crippen LogP contribution is -2.55. The Morgan fingerprint density at radius 1 is 1.11 bits per heavy atom. The van der Waals surface area contributed by atoms with E-state index in [1.807, 2.05) is 19.1 Å². The molecule has 1 aromatic rings. The molecule has 1 aliphatic carbocycles. The fourth-order valence-corrected chi connectivity index (χ4v) is 7.69. The van der Waals surface area contributed by atoms with E-state index in [1.165, 1.54) is 31.0 Å². The lowest BCUT2D eigenvalue weighted by molar-refractivity contribution is -0.131. The van der Waals surface area contributed by atoms with Crippen LogP contribution < -0.4 is 21.7 Å². The molecule has 3 rings (SSSR count). The topological polar surface area (TPSA) is 140 Å². The first-order chi connectivity index (χ1) is 21.3. The second kappa shape index (κ2) is 19.2. The number of aliphatic hydroxyl groups excluding tert-OH is 1. The summed E-state index contributed by atoms with van der Waals surface area (Å²) < 4.78 is 0. The van der Waals surface area contributed by atoms with Crippen molar-refractivity contribution in [2.45, 2.75) is 101 Å². The minimum Gasteiger partial charge on any atom is -0.394 e. The van der Waals surface area contributed by atoms with Crippen molar-refractivity contribution >= 4 is 35.2 Å². The van der Waals surface area contributed by atoms with Crippen molar-refractivity contribution in [2.24, 2.45) is 11.7 Å². The first-order valence-electron chi connectivity index (χ1n) is 16.7. The van der Waals surface area contributed by atoms with Gasteiger partial charge in [-0.2, -0.15) is 0 Å². The number of aliphatic hydroxyl groups is 1. The standard InChI is InChI=1S/C33H56N6O4S/c1-4-38(5-2)20-19-35-29(41)14-10-13-24-15-17-26(18-16-24)36-22-28-32(43)39(6-3)33(44-28)30(34)31(42)37-27(23-40)21-25-11-8-7-9-12-25/h15-18,25,27-28,30,33,36,40H,4-14,19-23,34H2,1-3H3,(H,35,41)(H,37,42)/t27?,28-,30-,33?/m1/s1. The molecule has 1 saturated carbocycles. The summed E-state index contributed by atoms with van der Waals surface area (Å²) in [5, 5.41) is 18.4. The minimum atomic E-state index is -0.877. The third-order valence-electron chi connectivity index (χ3n) is 8.99. The van der Waals surface area contributed by atoms with Gasteiger partial charge in [-0.25, -0.2) is 0 Å². The molecule has 1 aromatic carbocycles. The number of aryl methyl sites for hydroxylation is 1. The van der Waals surface area contributed by atoms with Crippen LogP contribution in [0.2, 0.25) is 0 Å². The Morgan fingerprint density at radius 3 is 2.45 bits per heavy atom. The van der Waals surface area contributed by atoms with Gasteiger partial charge in [0.05, 0.1) is 12.6 Å². The molecule has 0 radical (unpaired) electrons. The Bertz CT molecular complexity index is 1020. The summed E-state index contributed by atoms with van der Waals surface area (Å²) in [6.07, 6.45) is 8.85. The number of amides is 3. The van der Waals surface area contributed by atoms with Gasteiger partial charge in [-0.3, -0.25) is 14.4 Å². The number of nitrogens with zero attached hydrogens (tertiary/aromatic N) is 2. The molecule has 2 unspecified atom stereocenters. The van der Waals surface area contributed by atoms with Crippen LogP contribution in [0.1, 0.15) is 77.7 Å². The van der Waals surface area contributed by atoms with E-state index in [-0.39, 0.29) is 35.6 Å². The van der Waals surface area contributed by atoms with Crippen molar-refractivity contribution in [3.05, 3.63) is 29.8 Å². The Labute approximate surface area is 268 Å². The molecule has 2 aliphatic rings. The quantitative estimate of drug-likeness (QED) is 0.157. The van der Waals surface area contributed by atoms with Gasteiger partial charge in [0, 0.05) is 38.3 Å². The number of benzene rings is 1. The molecule has 0 aromatic heterocycles. The van der Waals surface area contributed by atoms with Crippen molar-refractivity contribution in [3.8, 4) is 0 Å². The van der Waals surface area contributed by atoms with E-state index in [0.29, 0.717) is 32.0 Å². The van der Waals surface area contributed by atoms with Gasteiger partial charge in [-0.05, 0) is 62.9 Å². The molecule has 3 amide bonds. The van der Waals surface area contributed by atoms with Crippen LogP contribution in [-0.2, 0) is 20.8 Å². The molecule has 1 aliphatic heterocycles. The van der Waals surface area contributed by atoms with Crippen molar-refractivity contribution in [1.82, 2.24) is 20.4 Å². The molecule has 0 spiro atoms. The van der Waals surface area contributed by atoms with Crippen LogP contribution in [0, 0.1) is 5.92 Å². The van der Waals surface area contributed by atoms with Gasteiger partial charge in [0.2, 0.25) is 17.7 Å². The Balaban J connectivity index is 1.42. The summed E-state index contributed by atoms with van der Waals surface area (Å²) >= 11 is 1.43. The zero-order chi connectivity index (χ0) is 31.9. The summed E-state index contributed by atoms with van der Waals surface area (Å²) in [5.41, 5.74) is 8.50. The maximum Gasteiger partial charge on any atom is 0.240 e. The van der Waals surface area contributed by atoms with Gasteiger partial charge < -0.3 is 36.6 Å². The minimum absolute atomic E-state index is 0.0221. The monoisotopic (exact) mass is 632 g/mol. The normalized spacial score (nSPS) is 20.5. The summed E-state index contributed by atoms with van der Waals surface area (Å²) in [4.78, 5) is 42.4. The largest absolute Gasteiger partial charge is 0.394 e. The molecule has 44 heavy (non-hydrogen) atoms. The van der Waals surface area contributed by atoms with E-state index < -0.39 is 11.4 Å². The number of likely N-dealkylation sites (N-methyl/N-ethyl adjacent to an activating group) is 2. The molecule has 1 heterocycles. The SMILES string of the molecule is CCN(CC)CCNC(=O)CCCc1ccc(NC[C@H]2SC([C@H](N)C(=O)NC(CO)CC3CCCCC3)N(CC)C2=O)cc1. The van der Waals surface area contributed by atoms with E-state index in [9.17, 15) is 19.5 Å². The van der Waals surface area contributed by atoms with Gasteiger partial charge in [0.1, 0.15) is 16.7 Å². The number of thioether (sulfide) groups is 1. The molecule has 4 atom stereocenters. The van der Waals surface area contributed by atoms with Crippen LogP contribution in [0.5, 0.6) is 0 Å². The van der Waals surface area contributed by atoms with Crippen LogP contribution in [-0.4, -0.2) is 101 Å². The zero-order valence-corrected chi connectivity index (χ0v) is 27.9. The second-order valence-electron chi connectivity index (χ2n) is 12.1. The predicted molar refractivity (Wildman–Crippen MR) is 179 cm³/mol. The van der Waals surface area contributed by atoms with Crippen molar-refractivity contribution in [3.63, 3.8) is 0 Å². The number of rotatable bonds is 19. The molecular weight excluding hydrogens is 576 g/mol. The first kappa shape index (κ1) is 36.1.